The molecule has 0 bridgehead atoms. The van der Waals surface area contributed by atoms with Crippen molar-refractivity contribution in [1.82, 2.24) is 15.2 Å². The molecule has 1 saturated heterocycles. The fourth-order valence-corrected chi connectivity index (χ4v) is 2.74. The van der Waals surface area contributed by atoms with Crippen LogP contribution in [0.15, 0.2) is 36.5 Å². The predicted molar refractivity (Wildman–Crippen MR) is 81.3 cm³/mol. The molecule has 114 valence electrons. The Morgan fingerprint density at radius 2 is 2.14 bits per heavy atom. The smallest absolute Gasteiger partial charge is 0.317 e. The number of nitrogens with zero attached hydrogens (tertiary/aromatic N) is 2. The molecule has 22 heavy (non-hydrogen) atoms. The number of fused-ring (bicyclic) bond motifs is 1. The number of aromatic nitrogens is 1. The van der Waals surface area contributed by atoms with E-state index in [0.29, 0.717) is 19.5 Å². The number of carbonyl (C=O) groups excluding carboxylic acids is 1. The Labute approximate surface area is 127 Å². The zero-order valence-corrected chi connectivity index (χ0v) is 12.0. The molecule has 1 aliphatic heterocycles. The van der Waals surface area contributed by atoms with E-state index in [-0.39, 0.29) is 12.6 Å². The molecule has 1 aliphatic rings. The summed E-state index contributed by atoms with van der Waals surface area (Å²) in [6.07, 6.45) is 2.24. The third-order valence-corrected chi connectivity index (χ3v) is 3.97. The van der Waals surface area contributed by atoms with Crippen molar-refractivity contribution in [1.29, 1.82) is 0 Å². The van der Waals surface area contributed by atoms with E-state index in [1.54, 1.807) is 11.1 Å². The van der Waals surface area contributed by atoms with Gasteiger partial charge < -0.3 is 15.3 Å². The van der Waals surface area contributed by atoms with E-state index in [9.17, 15) is 9.59 Å². The number of carboxylic acids is 1. The minimum Gasteiger partial charge on any atom is -0.481 e. The second-order valence-corrected chi connectivity index (χ2v) is 5.42. The maximum atomic E-state index is 12.1. The molecule has 2 amide bonds. The van der Waals surface area contributed by atoms with E-state index in [4.69, 9.17) is 5.11 Å². The average Bonchev–Trinajstić information content (AvgIpc) is 3.03. The van der Waals surface area contributed by atoms with Gasteiger partial charge in [-0.2, -0.15) is 0 Å². The molecule has 1 aromatic heterocycles. The molecule has 0 spiro atoms. The highest BCUT2D eigenvalue weighted by Gasteiger charge is 2.30. The number of amides is 2. The quantitative estimate of drug-likeness (QED) is 0.906. The van der Waals surface area contributed by atoms with Crippen LogP contribution in [0.25, 0.3) is 10.9 Å². The number of hydrogen-bond acceptors (Lipinski definition) is 3. The number of rotatable bonds is 3. The lowest BCUT2D eigenvalue weighted by atomic mass is 10.1. The molecule has 0 radical (unpaired) electrons. The monoisotopic (exact) mass is 299 g/mol. The fraction of sp³-hybridized carbons (Fsp3) is 0.312. The van der Waals surface area contributed by atoms with Crippen molar-refractivity contribution in [2.45, 2.75) is 13.0 Å². The molecule has 3 rings (SSSR count). The summed E-state index contributed by atoms with van der Waals surface area (Å²) in [5.41, 5.74) is 1.82. The van der Waals surface area contributed by atoms with Crippen LogP contribution < -0.4 is 5.32 Å². The first kappa shape index (κ1) is 14.3. The lowest BCUT2D eigenvalue weighted by Crippen LogP contribution is -2.38. The first-order chi connectivity index (χ1) is 10.6. The summed E-state index contributed by atoms with van der Waals surface area (Å²) in [6, 6.07) is 9.47. The van der Waals surface area contributed by atoms with Crippen LogP contribution in [0.1, 0.15) is 12.0 Å². The lowest BCUT2D eigenvalue weighted by molar-refractivity contribution is -0.141. The Morgan fingerprint density at radius 1 is 1.32 bits per heavy atom. The van der Waals surface area contributed by atoms with Crippen molar-refractivity contribution < 1.29 is 14.7 Å². The van der Waals surface area contributed by atoms with Crippen molar-refractivity contribution in [2.24, 2.45) is 5.92 Å². The summed E-state index contributed by atoms with van der Waals surface area (Å²) in [4.78, 5) is 29.0. The van der Waals surface area contributed by atoms with Gasteiger partial charge in [0.15, 0.2) is 0 Å². The molecular weight excluding hydrogens is 282 g/mol. The standard InChI is InChI=1S/C16H17N3O3/c20-15(21)13-6-8-19(10-13)16(22)18-9-12-4-1-3-11-5-2-7-17-14(11)12/h1-5,7,13H,6,8-10H2,(H,18,22)(H,20,21). The number of hydrogen-bond donors (Lipinski definition) is 2. The molecule has 6 nitrogen and oxygen atoms in total. The molecule has 2 N–H and O–H groups in total. The summed E-state index contributed by atoms with van der Waals surface area (Å²) in [6.45, 7) is 1.13. The van der Waals surface area contributed by atoms with Crippen molar-refractivity contribution >= 4 is 22.9 Å². The van der Waals surface area contributed by atoms with Crippen LogP contribution >= 0.6 is 0 Å². The van der Waals surface area contributed by atoms with E-state index in [1.807, 2.05) is 30.3 Å². The summed E-state index contributed by atoms with van der Waals surface area (Å²) >= 11 is 0. The summed E-state index contributed by atoms with van der Waals surface area (Å²) in [5.74, 6) is -1.29. The third-order valence-electron chi connectivity index (χ3n) is 3.97. The predicted octanol–water partition coefficient (Wildman–Crippen LogP) is 1.85. The van der Waals surface area contributed by atoms with Gasteiger partial charge in [0.25, 0.3) is 0 Å². The highest BCUT2D eigenvalue weighted by atomic mass is 16.4. The molecule has 2 aromatic rings. The average molecular weight is 299 g/mol. The number of aliphatic carboxylic acids is 1. The molecule has 1 aromatic carbocycles. The van der Waals surface area contributed by atoms with Gasteiger partial charge in [-0.1, -0.05) is 24.3 Å². The van der Waals surface area contributed by atoms with Crippen molar-refractivity contribution in [3.05, 3.63) is 42.1 Å². The van der Waals surface area contributed by atoms with Crippen LogP contribution in [0.4, 0.5) is 4.79 Å². The van der Waals surface area contributed by atoms with Crippen LogP contribution in [-0.4, -0.2) is 40.1 Å². The number of likely N-dealkylation sites (tertiary alicyclic amines) is 1. The maximum absolute atomic E-state index is 12.1. The lowest BCUT2D eigenvalue weighted by Gasteiger charge is -2.17. The normalized spacial score (nSPS) is 17.6. The van der Waals surface area contributed by atoms with Gasteiger partial charge in [0.1, 0.15) is 0 Å². The topological polar surface area (TPSA) is 82.5 Å². The van der Waals surface area contributed by atoms with Crippen molar-refractivity contribution in [2.75, 3.05) is 13.1 Å². The first-order valence-electron chi connectivity index (χ1n) is 7.23. The van der Waals surface area contributed by atoms with E-state index < -0.39 is 11.9 Å². The zero-order valence-electron chi connectivity index (χ0n) is 12.0. The van der Waals surface area contributed by atoms with Crippen LogP contribution in [0.2, 0.25) is 0 Å². The van der Waals surface area contributed by atoms with Gasteiger partial charge in [-0.05, 0) is 18.1 Å². The molecule has 0 aliphatic carbocycles. The summed E-state index contributed by atoms with van der Waals surface area (Å²) < 4.78 is 0. The first-order valence-corrected chi connectivity index (χ1v) is 7.23. The minimum absolute atomic E-state index is 0.225. The summed E-state index contributed by atoms with van der Waals surface area (Å²) in [7, 11) is 0. The van der Waals surface area contributed by atoms with Gasteiger partial charge >= 0.3 is 12.0 Å². The van der Waals surface area contributed by atoms with Crippen LogP contribution in [0.5, 0.6) is 0 Å². The molecule has 6 heteroatoms. The Morgan fingerprint density at radius 3 is 2.91 bits per heavy atom. The number of pyridine rings is 1. The molecule has 1 atom stereocenters. The van der Waals surface area contributed by atoms with Crippen molar-refractivity contribution in [3.63, 3.8) is 0 Å². The molecule has 1 fully saturated rings. The largest absolute Gasteiger partial charge is 0.481 e. The van der Waals surface area contributed by atoms with Gasteiger partial charge in [-0.3, -0.25) is 9.78 Å². The molecular formula is C16H17N3O3. The minimum atomic E-state index is -0.839. The SMILES string of the molecule is O=C(O)C1CCN(C(=O)NCc2cccc3cccnc23)C1. The molecule has 0 saturated carbocycles. The van der Waals surface area contributed by atoms with Gasteiger partial charge in [0, 0.05) is 31.2 Å². The second-order valence-electron chi connectivity index (χ2n) is 5.42. The number of carboxylic acid groups (broad SMARTS) is 1. The van der Waals surface area contributed by atoms with E-state index in [2.05, 4.69) is 10.3 Å². The van der Waals surface area contributed by atoms with Crippen LogP contribution in [-0.2, 0) is 11.3 Å². The molecule has 1 unspecified atom stereocenters. The van der Waals surface area contributed by atoms with Crippen LogP contribution in [0, 0.1) is 5.92 Å². The Hall–Kier alpha value is -2.63. The van der Waals surface area contributed by atoms with Gasteiger partial charge in [0.2, 0.25) is 0 Å². The second kappa shape index (κ2) is 6.01. The third kappa shape index (κ3) is 2.86. The summed E-state index contributed by atoms with van der Waals surface area (Å²) in [5, 5.41) is 12.8. The van der Waals surface area contributed by atoms with E-state index in [0.717, 1.165) is 16.5 Å². The zero-order chi connectivity index (χ0) is 15.5. The maximum Gasteiger partial charge on any atom is 0.317 e. The van der Waals surface area contributed by atoms with E-state index in [1.165, 1.54) is 0 Å². The highest BCUT2D eigenvalue weighted by molar-refractivity contribution is 5.82. The van der Waals surface area contributed by atoms with Crippen LogP contribution in [0.3, 0.4) is 0 Å². The Balaban J connectivity index is 1.65. The number of carbonyl (C=O) groups is 2. The number of nitrogens with one attached hydrogen (secondary N) is 1. The number of para-hydroxylation sites is 1. The van der Waals surface area contributed by atoms with Gasteiger partial charge in [-0.25, -0.2) is 4.79 Å². The van der Waals surface area contributed by atoms with E-state index >= 15 is 0 Å². The number of urea groups is 1. The van der Waals surface area contributed by atoms with Gasteiger partial charge in [0.05, 0.1) is 11.4 Å². The Bertz CT molecular complexity index is 711. The fourth-order valence-electron chi connectivity index (χ4n) is 2.74. The highest BCUT2D eigenvalue weighted by Crippen LogP contribution is 2.18. The Kier molecular flexibility index (Phi) is 3.91. The molecule has 2 heterocycles. The number of benzene rings is 1. The van der Waals surface area contributed by atoms with Gasteiger partial charge in [-0.15, -0.1) is 0 Å². The van der Waals surface area contributed by atoms with Crippen molar-refractivity contribution in [3.8, 4) is 0 Å².